The van der Waals surface area contributed by atoms with Gasteiger partial charge in [0.15, 0.2) is 10.9 Å². The van der Waals surface area contributed by atoms with Crippen molar-refractivity contribution in [2.75, 3.05) is 18.2 Å². The maximum absolute atomic E-state index is 13.5. The van der Waals surface area contributed by atoms with Crippen LogP contribution in [0.3, 0.4) is 0 Å². The van der Waals surface area contributed by atoms with Gasteiger partial charge in [0.05, 0.1) is 24.1 Å². The summed E-state index contributed by atoms with van der Waals surface area (Å²) in [6.45, 7) is 1.43. The molecule has 0 aliphatic heterocycles. The second-order valence-corrected chi connectivity index (χ2v) is 6.71. The van der Waals surface area contributed by atoms with Crippen molar-refractivity contribution in [1.29, 1.82) is 0 Å². The summed E-state index contributed by atoms with van der Waals surface area (Å²) < 4.78 is 20.3. The van der Waals surface area contributed by atoms with Gasteiger partial charge in [-0.05, 0) is 36.4 Å². The molecule has 0 saturated carbocycles. The first-order chi connectivity index (χ1) is 13.5. The number of carbonyl (C=O) groups excluding carboxylic acids is 2. The van der Waals surface area contributed by atoms with E-state index in [4.69, 9.17) is 4.74 Å². The van der Waals surface area contributed by atoms with E-state index in [2.05, 4.69) is 15.5 Å². The van der Waals surface area contributed by atoms with Crippen LogP contribution in [0.5, 0.6) is 5.75 Å². The largest absolute Gasteiger partial charge is 0.496 e. The topological polar surface area (TPSA) is 86.1 Å². The lowest BCUT2D eigenvalue weighted by Crippen LogP contribution is -2.07. The number of thioether (sulfide) groups is 1. The van der Waals surface area contributed by atoms with Gasteiger partial charge in [0.25, 0.3) is 0 Å². The minimum absolute atomic E-state index is 0.0316. The summed E-state index contributed by atoms with van der Waals surface area (Å²) in [5, 5.41) is 11.1. The monoisotopic (exact) mass is 400 g/mol. The molecule has 3 aromatic rings. The number of benzene rings is 2. The summed E-state index contributed by atoms with van der Waals surface area (Å²) in [7, 11) is 1.43. The molecule has 0 aliphatic rings. The third-order valence-electron chi connectivity index (χ3n) is 3.76. The highest BCUT2D eigenvalue weighted by atomic mass is 32.2. The first-order valence-electron chi connectivity index (χ1n) is 8.25. The highest BCUT2D eigenvalue weighted by Gasteiger charge is 2.16. The van der Waals surface area contributed by atoms with Gasteiger partial charge in [-0.3, -0.25) is 14.2 Å². The molecule has 1 amide bonds. The molecule has 0 bridgehead atoms. The molecular formula is C19H17FN4O3S. The number of nitrogens with zero attached hydrogens (tertiary/aromatic N) is 3. The Labute approximate surface area is 164 Å². The highest BCUT2D eigenvalue weighted by Crippen LogP contribution is 2.25. The Balaban J connectivity index is 1.77. The second kappa shape index (κ2) is 8.66. The van der Waals surface area contributed by atoms with Crippen LogP contribution in [0.2, 0.25) is 0 Å². The zero-order valence-corrected chi connectivity index (χ0v) is 16.0. The van der Waals surface area contributed by atoms with Crippen molar-refractivity contribution in [1.82, 2.24) is 14.8 Å². The predicted octanol–water partition coefficient (Wildman–Crippen LogP) is 3.35. The van der Waals surface area contributed by atoms with E-state index >= 15 is 0 Å². The number of anilines is 1. The molecule has 144 valence electrons. The molecular weight excluding hydrogens is 383 g/mol. The molecule has 0 aliphatic carbocycles. The van der Waals surface area contributed by atoms with Gasteiger partial charge >= 0.3 is 0 Å². The fourth-order valence-electron chi connectivity index (χ4n) is 2.54. The average molecular weight is 400 g/mol. The lowest BCUT2D eigenvalue weighted by atomic mass is 10.1. The van der Waals surface area contributed by atoms with Crippen molar-refractivity contribution in [3.05, 3.63) is 60.2 Å². The summed E-state index contributed by atoms with van der Waals surface area (Å²) in [5.74, 6) is -0.624. The van der Waals surface area contributed by atoms with Crippen LogP contribution >= 0.6 is 11.8 Å². The Morgan fingerprint density at radius 3 is 2.82 bits per heavy atom. The van der Waals surface area contributed by atoms with Crippen LogP contribution in [-0.2, 0) is 4.79 Å². The third-order valence-corrected chi connectivity index (χ3v) is 4.70. The number of amides is 1. The van der Waals surface area contributed by atoms with Gasteiger partial charge in [0.2, 0.25) is 5.91 Å². The van der Waals surface area contributed by atoms with Gasteiger partial charge in [0, 0.05) is 12.6 Å². The molecule has 0 fully saturated rings. The van der Waals surface area contributed by atoms with Gasteiger partial charge in [-0.1, -0.05) is 17.8 Å². The smallest absolute Gasteiger partial charge is 0.221 e. The van der Waals surface area contributed by atoms with E-state index in [1.54, 1.807) is 22.8 Å². The van der Waals surface area contributed by atoms with E-state index in [9.17, 15) is 14.0 Å². The standard InChI is InChI=1S/C19H17FN4O3S/c1-12(25)22-14-4-3-5-15(9-14)24-11-21-23-19(24)28-10-17(26)16-8-13(20)6-7-18(16)27-2/h3-9,11H,10H2,1-2H3,(H,22,25). The second-order valence-electron chi connectivity index (χ2n) is 5.77. The molecule has 1 N–H and O–H groups in total. The Morgan fingerprint density at radius 1 is 1.25 bits per heavy atom. The first-order valence-corrected chi connectivity index (χ1v) is 9.24. The maximum atomic E-state index is 13.5. The van der Waals surface area contributed by atoms with Gasteiger partial charge in [-0.2, -0.15) is 0 Å². The van der Waals surface area contributed by atoms with E-state index < -0.39 is 5.82 Å². The summed E-state index contributed by atoms with van der Waals surface area (Å²) in [6.07, 6.45) is 1.52. The van der Waals surface area contributed by atoms with Crippen LogP contribution in [-0.4, -0.2) is 39.3 Å². The van der Waals surface area contributed by atoms with Crippen LogP contribution in [0.25, 0.3) is 5.69 Å². The molecule has 2 aromatic carbocycles. The van der Waals surface area contributed by atoms with Crippen LogP contribution in [0.15, 0.2) is 53.9 Å². The summed E-state index contributed by atoms with van der Waals surface area (Å²) in [5.41, 5.74) is 1.54. The van der Waals surface area contributed by atoms with Crippen LogP contribution in [0.4, 0.5) is 10.1 Å². The molecule has 0 radical (unpaired) electrons. The van der Waals surface area contributed by atoms with Crippen molar-refractivity contribution in [3.63, 3.8) is 0 Å². The number of nitrogens with one attached hydrogen (secondary N) is 1. The normalized spacial score (nSPS) is 10.5. The number of ether oxygens (including phenoxy) is 1. The zero-order valence-electron chi connectivity index (χ0n) is 15.2. The summed E-state index contributed by atoms with van der Waals surface area (Å²) in [6, 6.07) is 11.0. The van der Waals surface area contributed by atoms with E-state index in [1.165, 1.54) is 44.3 Å². The van der Waals surface area contributed by atoms with Crippen molar-refractivity contribution >= 4 is 29.1 Å². The Hall–Kier alpha value is -3.20. The fraction of sp³-hybridized carbons (Fsp3) is 0.158. The Kier molecular flexibility index (Phi) is 6.05. The summed E-state index contributed by atoms with van der Waals surface area (Å²) >= 11 is 1.17. The molecule has 1 aromatic heterocycles. The number of halogens is 1. The van der Waals surface area contributed by atoms with Crippen molar-refractivity contribution in [2.45, 2.75) is 12.1 Å². The van der Waals surface area contributed by atoms with Crippen molar-refractivity contribution < 1.29 is 18.7 Å². The molecule has 28 heavy (non-hydrogen) atoms. The molecule has 7 nitrogen and oxygen atoms in total. The maximum Gasteiger partial charge on any atom is 0.221 e. The van der Waals surface area contributed by atoms with Gasteiger partial charge in [-0.15, -0.1) is 10.2 Å². The third kappa shape index (κ3) is 4.55. The van der Waals surface area contributed by atoms with Crippen molar-refractivity contribution in [3.8, 4) is 11.4 Å². The predicted molar refractivity (Wildman–Crippen MR) is 104 cm³/mol. The molecule has 9 heteroatoms. The quantitative estimate of drug-likeness (QED) is 0.484. The molecule has 0 unspecified atom stereocenters. The van der Waals surface area contributed by atoms with E-state index in [0.29, 0.717) is 16.6 Å². The number of rotatable bonds is 7. The molecule has 0 spiro atoms. The number of aromatic nitrogens is 3. The fourth-order valence-corrected chi connectivity index (χ4v) is 3.35. The number of Topliss-reactive ketones (excluding diaryl/α,β-unsaturated/α-hetero) is 1. The van der Waals surface area contributed by atoms with Crippen molar-refractivity contribution in [2.24, 2.45) is 0 Å². The van der Waals surface area contributed by atoms with E-state index in [0.717, 1.165) is 11.8 Å². The zero-order chi connectivity index (χ0) is 20.1. The lowest BCUT2D eigenvalue weighted by molar-refractivity contribution is -0.114. The lowest BCUT2D eigenvalue weighted by Gasteiger charge is -2.09. The number of carbonyl (C=O) groups is 2. The van der Waals surface area contributed by atoms with Crippen LogP contribution in [0.1, 0.15) is 17.3 Å². The van der Waals surface area contributed by atoms with Gasteiger partial charge in [-0.25, -0.2) is 4.39 Å². The highest BCUT2D eigenvalue weighted by molar-refractivity contribution is 7.99. The number of methoxy groups -OCH3 is 1. The van der Waals surface area contributed by atoms with Gasteiger partial charge < -0.3 is 10.1 Å². The minimum atomic E-state index is -0.507. The Morgan fingerprint density at radius 2 is 2.07 bits per heavy atom. The summed E-state index contributed by atoms with van der Waals surface area (Å²) in [4.78, 5) is 23.8. The Bertz CT molecular complexity index is 1020. The number of hydrogen-bond donors (Lipinski definition) is 1. The minimum Gasteiger partial charge on any atom is -0.496 e. The number of hydrogen-bond acceptors (Lipinski definition) is 6. The molecule has 3 rings (SSSR count). The van der Waals surface area contributed by atoms with E-state index in [1.807, 2.05) is 6.07 Å². The van der Waals surface area contributed by atoms with Crippen LogP contribution < -0.4 is 10.1 Å². The molecule has 1 heterocycles. The molecule has 0 saturated heterocycles. The van der Waals surface area contributed by atoms with Crippen LogP contribution in [0, 0.1) is 5.82 Å². The number of ketones is 1. The first kappa shape index (κ1) is 19.6. The van der Waals surface area contributed by atoms with E-state index in [-0.39, 0.29) is 23.0 Å². The SMILES string of the molecule is COc1ccc(F)cc1C(=O)CSc1nncn1-c1cccc(NC(C)=O)c1. The average Bonchev–Trinajstić information content (AvgIpc) is 3.14. The molecule has 0 atom stereocenters. The van der Waals surface area contributed by atoms with Gasteiger partial charge in [0.1, 0.15) is 17.9 Å².